The van der Waals surface area contributed by atoms with Crippen LogP contribution in [0.4, 0.5) is 8.78 Å². The minimum Gasteiger partial charge on any atom is -0.482 e. The van der Waals surface area contributed by atoms with Crippen LogP contribution in [0.1, 0.15) is 0 Å². The Hall–Kier alpha value is -1.85. The summed E-state index contributed by atoms with van der Waals surface area (Å²) in [7, 11) is 0. The highest BCUT2D eigenvalue weighted by atomic mass is 19.2. The summed E-state index contributed by atoms with van der Waals surface area (Å²) in [5.41, 5.74) is 5.07. The van der Waals surface area contributed by atoms with Gasteiger partial charge in [-0.3, -0.25) is 0 Å². The fourth-order valence-electron chi connectivity index (χ4n) is 0.776. The predicted molar refractivity (Wildman–Crippen MR) is 45.3 cm³/mol. The average Bonchev–Trinajstić information content (AvgIpc) is 2.20. The zero-order valence-electron chi connectivity index (χ0n) is 7.08. The zero-order chi connectivity index (χ0) is 10.6. The van der Waals surface area contributed by atoms with E-state index in [9.17, 15) is 8.78 Å². The van der Waals surface area contributed by atoms with E-state index in [0.29, 0.717) is 0 Å². The van der Waals surface area contributed by atoms with Crippen molar-refractivity contribution in [2.45, 2.75) is 0 Å². The molecule has 0 fully saturated rings. The summed E-state index contributed by atoms with van der Waals surface area (Å²) in [6.45, 7) is -0.309. The van der Waals surface area contributed by atoms with E-state index in [2.05, 4.69) is 5.16 Å². The molecule has 0 aromatic heterocycles. The van der Waals surface area contributed by atoms with Crippen LogP contribution >= 0.6 is 0 Å². The van der Waals surface area contributed by atoms with Crippen molar-refractivity contribution >= 4 is 5.84 Å². The molecule has 0 aliphatic heterocycles. The van der Waals surface area contributed by atoms with Gasteiger partial charge in [-0.2, -0.15) is 4.39 Å². The highest BCUT2D eigenvalue weighted by molar-refractivity contribution is 5.81. The Balaban J connectivity index is 2.73. The van der Waals surface area contributed by atoms with Crippen LogP contribution in [0.5, 0.6) is 5.75 Å². The van der Waals surface area contributed by atoms with Gasteiger partial charge in [0.1, 0.15) is 6.61 Å². The van der Waals surface area contributed by atoms with Crippen LogP contribution < -0.4 is 10.5 Å². The lowest BCUT2D eigenvalue weighted by Gasteiger charge is -2.05. The van der Waals surface area contributed by atoms with E-state index in [1.54, 1.807) is 0 Å². The van der Waals surface area contributed by atoms with Crippen LogP contribution in [0.2, 0.25) is 0 Å². The summed E-state index contributed by atoms with van der Waals surface area (Å²) < 4.78 is 30.3. The Morgan fingerprint density at radius 1 is 1.50 bits per heavy atom. The molecule has 0 radical (unpaired) electrons. The number of benzene rings is 1. The van der Waals surface area contributed by atoms with Gasteiger partial charge in [-0.25, -0.2) is 4.39 Å². The van der Waals surface area contributed by atoms with Gasteiger partial charge < -0.3 is 15.7 Å². The third-order valence-electron chi connectivity index (χ3n) is 1.42. The van der Waals surface area contributed by atoms with Crippen molar-refractivity contribution in [2.24, 2.45) is 10.9 Å². The topological polar surface area (TPSA) is 67.8 Å². The molecule has 0 amide bonds. The van der Waals surface area contributed by atoms with E-state index >= 15 is 0 Å². The summed E-state index contributed by atoms with van der Waals surface area (Å²) in [4.78, 5) is 0. The first-order valence-corrected chi connectivity index (χ1v) is 3.68. The van der Waals surface area contributed by atoms with Gasteiger partial charge in [0, 0.05) is 0 Å². The van der Waals surface area contributed by atoms with Gasteiger partial charge in [0.25, 0.3) is 0 Å². The third-order valence-corrected chi connectivity index (χ3v) is 1.42. The summed E-state index contributed by atoms with van der Waals surface area (Å²) >= 11 is 0. The van der Waals surface area contributed by atoms with Crippen molar-refractivity contribution in [2.75, 3.05) is 6.61 Å². The highest BCUT2D eigenvalue weighted by Gasteiger charge is 2.08. The number of ether oxygens (including phenoxy) is 1. The van der Waals surface area contributed by atoms with Crippen LogP contribution in [-0.4, -0.2) is 17.6 Å². The smallest absolute Gasteiger partial charge is 0.200 e. The van der Waals surface area contributed by atoms with Gasteiger partial charge >= 0.3 is 0 Å². The fraction of sp³-hybridized carbons (Fsp3) is 0.125. The summed E-state index contributed by atoms with van der Waals surface area (Å²) in [5.74, 6) is -2.62. The molecule has 0 unspecified atom stereocenters. The number of hydrogen-bond donors (Lipinski definition) is 2. The molecule has 0 spiro atoms. The van der Waals surface area contributed by atoms with Crippen molar-refractivity contribution in [3.63, 3.8) is 0 Å². The maximum atomic E-state index is 12.9. The Labute approximate surface area is 78.6 Å². The zero-order valence-corrected chi connectivity index (χ0v) is 7.08. The van der Waals surface area contributed by atoms with Gasteiger partial charge in [0.2, 0.25) is 5.82 Å². The predicted octanol–water partition coefficient (Wildman–Crippen LogP) is 1.09. The molecule has 0 atom stereocenters. The lowest BCUT2D eigenvalue weighted by molar-refractivity contribution is 0.301. The molecule has 1 aromatic carbocycles. The molecule has 76 valence electrons. The largest absolute Gasteiger partial charge is 0.482 e. The maximum absolute atomic E-state index is 12.9. The minimum atomic E-state index is -1.10. The van der Waals surface area contributed by atoms with Crippen molar-refractivity contribution in [1.29, 1.82) is 0 Å². The SMILES string of the molecule is N/C(COc1cccc(F)c1F)=N/O. The number of hydrogen-bond acceptors (Lipinski definition) is 3. The van der Waals surface area contributed by atoms with Gasteiger partial charge in [-0.1, -0.05) is 11.2 Å². The van der Waals surface area contributed by atoms with E-state index in [4.69, 9.17) is 15.7 Å². The number of nitrogens with zero attached hydrogens (tertiary/aromatic N) is 1. The van der Waals surface area contributed by atoms with Crippen molar-refractivity contribution in [3.8, 4) is 5.75 Å². The van der Waals surface area contributed by atoms with Crippen molar-refractivity contribution < 1.29 is 18.7 Å². The van der Waals surface area contributed by atoms with Crippen LogP contribution in [0, 0.1) is 11.6 Å². The van der Waals surface area contributed by atoms with Crippen LogP contribution in [-0.2, 0) is 0 Å². The number of amidine groups is 1. The first-order valence-electron chi connectivity index (χ1n) is 3.68. The van der Waals surface area contributed by atoms with Crippen LogP contribution in [0.3, 0.4) is 0 Å². The summed E-state index contributed by atoms with van der Waals surface area (Å²) in [6, 6.07) is 3.49. The molecule has 3 N–H and O–H groups in total. The molecular weight excluding hydrogens is 194 g/mol. The molecule has 0 aliphatic carbocycles. The Bertz CT molecular complexity index is 355. The normalized spacial score (nSPS) is 11.4. The van der Waals surface area contributed by atoms with Crippen molar-refractivity contribution in [1.82, 2.24) is 0 Å². The second-order valence-corrected chi connectivity index (χ2v) is 2.43. The number of oxime groups is 1. The molecule has 14 heavy (non-hydrogen) atoms. The molecule has 0 bridgehead atoms. The Morgan fingerprint density at radius 3 is 2.86 bits per heavy atom. The monoisotopic (exact) mass is 202 g/mol. The number of nitrogens with two attached hydrogens (primary N) is 1. The molecule has 1 aromatic rings. The Morgan fingerprint density at radius 2 is 2.21 bits per heavy atom. The number of halogens is 2. The fourth-order valence-corrected chi connectivity index (χ4v) is 0.776. The molecule has 4 nitrogen and oxygen atoms in total. The van der Waals surface area contributed by atoms with Gasteiger partial charge in [0.15, 0.2) is 17.4 Å². The first-order chi connectivity index (χ1) is 6.65. The van der Waals surface area contributed by atoms with E-state index in [0.717, 1.165) is 6.07 Å². The van der Waals surface area contributed by atoms with Gasteiger partial charge in [0.05, 0.1) is 0 Å². The van der Waals surface area contributed by atoms with E-state index in [1.807, 2.05) is 0 Å². The molecular formula is C8H8F2N2O2. The summed E-state index contributed by atoms with van der Waals surface area (Å²) in [6.07, 6.45) is 0. The third kappa shape index (κ3) is 2.32. The molecule has 0 heterocycles. The second-order valence-electron chi connectivity index (χ2n) is 2.43. The van der Waals surface area contributed by atoms with E-state index < -0.39 is 11.6 Å². The van der Waals surface area contributed by atoms with Crippen molar-refractivity contribution in [3.05, 3.63) is 29.8 Å². The molecule has 0 saturated heterocycles. The summed E-state index contributed by atoms with van der Waals surface area (Å²) in [5, 5.41) is 10.8. The highest BCUT2D eigenvalue weighted by Crippen LogP contribution is 2.18. The van der Waals surface area contributed by atoms with E-state index in [1.165, 1.54) is 12.1 Å². The quantitative estimate of drug-likeness (QED) is 0.333. The van der Waals surface area contributed by atoms with Gasteiger partial charge in [-0.15, -0.1) is 0 Å². The minimum absolute atomic E-state index is 0.228. The van der Waals surface area contributed by atoms with Gasteiger partial charge in [-0.05, 0) is 12.1 Å². The van der Waals surface area contributed by atoms with Crippen LogP contribution in [0.15, 0.2) is 23.4 Å². The molecule has 1 rings (SSSR count). The first kappa shape index (κ1) is 10.2. The average molecular weight is 202 g/mol. The molecule has 6 heteroatoms. The number of rotatable bonds is 3. The Kier molecular flexibility index (Phi) is 3.22. The van der Waals surface area contributed by atoms with E-state index in [-0.39, 0.29) is 18.2 Å². The standard InChI is InChI=1S/C8H8F2N2O2/c9-5-2-1-3-6(8(5)10)14-4-7(11)12-13/h1-3,13H,4H2,(H2,11,12). The lowest BCUT2D eigenvalue weighted by atomic mass is 10.3. The molecule has 0 saturated carbocycles. The van der Waals surface area contributed by atoms with Crippen LogP contribution in [0.25, 0.3) is 0 Å². The maximum Gasteiger partial charge on any atom is 0.200 e. The lowest BCUT2D eigenvalue weighted by Crippen LogP contribution is -2.21. The second kappa shape index (κ2) is 4.40. The molecule has 0 aliphatic rings.